The van der Waals surface area contributed by atoms with Gasteiger partial charge in [0.05, 0.1) is 12.7 Å². The highest BCUT2D eigenvalue weighted by molar-refractivity contribution is 6.09. The van der Waals surface area contributed by atoms with Crippen molar-refractivity contribution in [3.63, 3.8) is 0 Å². The van der Waals surface area contributed by atoms with Gasteiger partial charge in [-0.15, -0.1) is 5.73 Å². The molecule has 1 N–H and O–H groups in total. The molecular weight excluding hydrogens is 384 g/mol. The van der Waals surface area contributed by atoms with E-state index >= 15 is 0 Å². The first-order chi connectivity index (χ1) is 15.2. The SMILES string of the molecule is COc1ccc([C@@H](O)C(=C=C2CCCCCCCCCC2)C(=O)c2ccccc2)cc1. The molecule has 31 heavy (non-hydrogen) atoms. The molecule has 0 spiro atoms. The molecule has 0 bridgehead atoms. The lowest BCUT2D eigenvalue weighted by molar-refractivity contribution is 0.0987. The maximum Gasteiger partial charge on any atom is 0.199 e. The highest BCUT2D eigenvalue weighted by atomic mass is 16.5. The van der Waals surface area contributed by atoms with E-state index in [0.717, 1.165) is 37.0 Å². The molecule has 2 aromatic rings. The minimum absolute atomic E-state index is 0.161. The van der Waals surface area contributed by atoms with E-state index in [1.54, 1.807) is 19.2 Å². The van der Waals surface area contributed by atoms with Gasteiger partial charge in [0.25, 0.3) is 0 Å². The first-order valence-electron chi connectivity index (χ1n) is 11.6. The Balaban J connectivity index is 1.99. The van der Waals surface area contributed by atoms with E-state index in [-0.39, 0.29) is 5.78 Å². The first kappa shape index (κ1) is 23.1. The minimum atomic E-state index is -1.02. The molecule has 1 atom stereocenters. The van der Waals surface area contributed by atoms with Crippen molar-refractivity contribution < 1.29 is 14.6 Å². The largest absolute Gasteiger partial charge is 0.497 e. The third-order valence-corrected chi connectivity index (χ3v) is 6.00. The molecule has 0 heterocycles. The van der Waals surface area contributed by atoms with Crippen LogP contribution in [0.5, 0.6) is 5.75 Å². The molecule has 2 aromatic carbocycles. The summed E-state index contributed by atoms with van der Waals surface area (Å²) >= 11 is 0. The summed E-state index contributed by atoms with van der Waals surface area (Å²) in [5, 5.41) is 11.2. The molecule has 0 radical (unpaired) electrons. The number of carbonyl (C=O) groups is 1. The Morgan fingerprint density at radius 1 is 0.839 bits per heavy atom. The van der Waals surface area contributed by atoms with E-state index < -0.39 is 6.10 Å². The predicted octanol–water partition coefficient (Wildman–Crippen LogP) is 6.98. The zero-order valence-electron chi connectivity index (χ0n) is 18.6. The van der Waals surface area contributed by atoms with Gasteiger partial charge in [0.2, 0.25) is 0 Å². The summed E-state index contributed by atoms with van der Waals surface area (Å²) in [5.74, 6) is 0.559. The summed E-state index contributed by atoms with van der Waals surface area (Å²) in [5.41, 5.74) is 6.17. The highest BCUT2D eigenvalue weighted by Crippen LogP contribution is 2.28. The lowest BCUT2D eigenvalue weighted by Crippen LogP contribution is -2.12. The van der Waals surface area contributed by atoms with E-state index in [9.17, 15) is 9.90 Å². The van der Waals surface area contributed by atoms with Crippen LogP contribution in [0.3, 0.4) is 0 Å². The van der Waals surface area contributed by atoms with Gasteiger partial charge >= 0.3 is 0 Å². The molecule has 0 unspecified atom stereocenters. The van der Waals surface area contributed by atoms with Gasteiger partial charge in [-0.05, 0) is 49.0 Å². The van der Waals surface area contributed by atoms with E-state index in [2.05, 4.69) is 5.73 Å². The number of ether oxygens (including phenoxy) is 1. The molecule has 1 aliphatic carbocycles. The predicted molar refractivity (Wildman–Crippen MR) is 125 cm³/mol. The third-order valence-electron chi connectivity index (χ3n) is 6.00. The van der Waals surface area contributed by atoms with E-state index in [1.807, 2.05) is 42.5 Å². The Labute approximate surface area is 186 Å². The molecule has 0 aliphatic heterocycles. The van der Waals surface area contributed by atoms with Crippen LogP contribution in [0.1, 0.15) is 86.2 Å². The molecule has 1 fully saturated rings. The fourth-order valence-electron chi connectivity index (χ4n) is 4.13. The zero-order valence-corrected chi connectivity index (χ0v) is 18.6. The van der Waals surface area contributed by atoms with Gasteiger partial charge in [-0.1, -0.05) is 81.0 Å². The fraction of sp³-hybridized carbons (Fsp3) is 0.429. The maximum absolute atomic E-state index is 13.4. The Bertz CT molecular complexity index is 876. The Hall–Kier alpha value is -2.61. The summed E-state index contributed by atoms with van der Waals surface area (Å²) in [6, 6.07) is 16.4. The molecule has 3 heteroatoms. The van der Waals surface area contributed by atoms with Crippen molar-refractivity contribution in [3.05, 3.63) is 82.6 Å². The van der Waals surface area contributed by atoms with Crippen molar-refractivity contribution >= 4 is 5.78 Å². The molecule has 0 amide bonds. The van der Waals surface area contributed by atoms with Crippen molar-refractivity contribution in [1.29, 1.82) is 0 Å². The number of benzene rings is 2. The summed E-state index contributed by atoms with van der Waals surface area (Å²) in [4.78, 5) is 13.4. The average Bonchev–Trinajstić information content (AvgIpc) is 2.88. The quantitative estimate of drug-likeness (QED) is 0.324. The summed E-state index contributed by atoms with van der Waals surface area (Å²) in [7, 11) is 1.61. The number of methoxy groups -OCH3 is 1. The third kappa shape index (κ3) is 6.95. The van der Waals surface area contributed by atoms with Crippen LogP contribution in [0.25, 0.3) is 0 Å². The standard InChI is InChI=1S/C28H34O3/c1-31-25-19-17-24(18-20-25)28(30)26(27(29)23-15-11-8-12-16-23)21-22-13-9-6-4-2-3-5-7-10-14-22/h8,11-12,15-20,28,30H,2-7,9-10,13-14H2,1H3/t28-/m1/s1. The maximum atomic E-state index is 13.4. The van der Waals surface area contributed by atoms with Gasteiger partial charge < -0.3 is 9.84 Å². The van der Waals surface area contributed by atoms with Gasteiger partial charge in [-0.3, -0.25) is 4.79 Å². The Morgan fingerprint density at radius 2 is 1.39 bits per heavy atom. The summed E-state index contributed by atoms with van der Waals surface area (Å²) in [6.07, 6.45) is 10.7. The molecular formula is C28H34O3. The number of aliphatic hydroxyl groups is 1. The van der Waals surface area contributed by atoms with Gasteiger partial charge in [-0.25, -0.2) is 0 Å². The lowest BCUT2D eigenvalue weighted by Gasteiger charge is -2.15. The number of rotatable bonds is 5. The molecule has 0 saturated heterocycles. The van der Waals surface area contributed by atoms with Crippen LogP contribution < -0.4 is 4.74 Å². The molecule has 1 aliphatic rings. The second kappa shape index (κ2) is 12.3. The van der Waals surface area contributed by atoms with Crippen LogP contribution in [0.4, 0.5) is 0 Å². The summed E-state index contributed by atoms with van der Waals surface area (Å²) in [6.45, 7) is 0. The van der Waals surface area contributed by atoms with Crippen molar-refractivity contribution in [2.24, 2.45) is 0 Å². The minimum Gasteiger partial charge on any atom is -0.497 e. The van der Waals surface area contributed by atoms with Crippen molar-refractivity contribution in [2.75, 3.05) is 7.11 Å². The van der Waals surface area contributed by atoms with Gasteiger partial charge in [0.1, 0.15) is 11.9 Å². The number of carbonyl (C=O) groups excluding carboxylic acids is 1. The molecule has 164 valence electrons. The van der Waals surface area contributed by atoms with Gasteiger partial charge in [0, 0.05) is 5.56 Å². The number of Topliss-reactive ketones (excluding diaryl/α,β-unsaturated/α-hetero) is 1. The second-order valence-electron chi connectivity index (χ2n) is 8.34. The second-order valence-corrected chi connectivity index (χ2v) is 8.34. The molecule has 3 nitrogen and oxygen atoms in total. The highest BCUT2D eigenvalue weighted by Gasteiger charge is 2.22. The van der Waals surface area contributed by atoms with Gasteiger partial charge in [0.15, 0.2) is 5.78 Å². The van der Waals surface area contributed by atoms with Crippen LogP contribution >= 0.6 is 0 Å². The van der Waals surface area contributed by atoms with Crippen LogP contribution in [-0.4, -0.2) is 18.0 Å². The van der Waals surface area contributed by atoms with Crippen LogP contribution in [0, 0.1) is 0 Å². The molecule has 3 rings (SSSR count). The van der Waals surface area contributed by atoms with Crippen LogP contribution in [-0.2, 0) is 0 Å². The van der Waals surface area contributed by atoms with E-state index in [4.69, 9.17) is 4.74 Å². The average molecular weight is 419 g/mol. The van der Waals surface area contributed by atoms with E-state index in [1.165, 1.54) is 38.5 Å². The lowest BCUT2D eigenvalue weighted by atomic mass is 9.92. The number of hydrogen-bond acceptors (Lipinski definition) is 3. The number of aliphatic hydroxyl groups excluding tert-OH is 1. The Kier molecular flexibility index (Phi) is 9.15. The van der Waals surface area contributed by atoms with Gasteiger partial charge in [-0.2, -0.15) is 0 Å². The molecule has 0 aromatic heterocycles. The topological polar surface area (TPSA) is 46.5 Å². The van der Waals surface area contributed by atoms with Crippen molar-refractivity contribution in [3.8, 4) is 5.75 Å². The fourth-order valence-corrected chi connectivity index (χ4v) is 4.13. The van der Waals surface area contributed by atoms with Crippen molar-refractivity contribution in [2.45, 2.75) is 70.3 Å². The zero-order chi connectivity index (χ0) is 21.9. The smallest absolute Gasteiger partial charge is 0.199 e. The molecule has 1 saturated carbocycles. The van der Waals surface area contributed by atoms with E-state index in [0.29, 0.717) is 16.7 Å². The normalized spacial score (nSPS) is 16.5. The Morgan fingerprint density at radius 3 is 1.94 bits per heavy atom. The summed E-state index contributed by atoms with van der Waals surface area (Å²) < 4.78 is 5.23. The van der Waals surface area contributed by atoms with Crippen molar-refractivity contribution in [1.82, 2.24) is 0 Å². The number of hydrogen-bond donors (Lipinski definition) is 1. The van der Waals surface area contributed by atoms with Crippen LogP contribution in [0.15, 0.2) is 71.5 Å². The number of ketones is 1. The van der Waals surface area contributed by atoms with Crippen LogP contribution in [0.2, 0.25) is 0 Å². The first-order valence-corrected chi connectivity index (χ1v) is 11.6. The monoisotopic (exact) mass is 418 g/mol.